The first-order chi connectivity index (χ1) is 11.7. The van der Waals surface area contributed by atoms with Crippen LogP contribution in [-0.2, 0) is 14.9 Å². The maximum Gasteiger partial charge on any atom is 0.314 e. The number of hydrogen-bond acceptors (Lipinski definition) is 4. The Kier molecular flexibility index (Phi) is 6.19. The minimum atomic E-state index is -0.767. The van der Waals surface area contributed by atoms with E-state index < -0.39 is 11.4 Å². The number of hydrogen-bond donors (Lipinski definition) is 1. The van der Waals surface area contributed by atoms with Crippen molar-refractivity contribution in [3.05, 3.63) is 29.8 Å². The van der Waals surface area contributed by atoms with Crippen LogP contribution in [0.5, 0.6) is 0 Å². The van der Waals surface area contributed by atoms with Gasteiger partial charge in [-0.05, 0) is 75.2 Å². The number of rotatable bonds is 7. The molecule has 0 aromatic heterocycles. The molecule has 0 saturated carbocycles. The number of carboxylic acid groups (broad SMARTS) is 1. The summed E-state index contributed by atoms with van der Waals surface area (Å²) in [5.74, 6) is 0.394. The van der Waals surface area contributed by atoms with Gasteiger partial charge in [0.15, 0.2) is 0 Å². The topological polar surface area (TPSA) is 49.8 Å². The Bertz CT molecular complexity index is 534. The largest absolute Gasteiger partial charge is 0.481 e. The predicted octanol–water partition coefficient (Wildman–Crippen LogP) is 3.40. The second-order valence-electron chi connectivity index (χ2n) is 6.77. The Morgan fingerprint density at radius 2 is 1.83 bits per heavy atom. The second-order valence-corrected chi connectivity index (χ2v) is 7.94. The average Bonchev–Trinajstić information content (AvgIpc) is 3.13. The van der Waals surface area contributed by atoms with Gasteiger partial charge in [0.25, 0.3) is 0 Å². The Morgan fingerprint density at radius 3 is 2.46 bits per heavy atom. The Morgan fingerprint density at radius 1 is 1.17 bits per heavy atom. The van der Waals surface area contributed by atoms with Gasteiger partial charge in [-0.25, -0.2) is 0 Å². The molecule has 1 aromatic rings. The van der Waals surface area contributed by atoms with E-state index in [-0.39, 0.29) is 0 Å². The minimum Gasteiger partial charge on any atom is -0.481 e. The number of likely N-dealkylation sites (tertiary alicyclic amines) is 1. The summed E-state index contributed by atoms with van der Waals surface area (Å²) in [6.45, 7) is 4.78. The molecule has 0 bridgehead atoms. The molecule has 24 heavy (non-hydrogen) atoms. The fraction of sp³-hybridized carbons (Fsp3) is 0.632. The molecule has 0 aliphatic carbocycles. The van der Waals surface area contributed by atoms with Crippen LogP contribution in [-0.4, -0.2) is 54.6 Å². The highest BCUT2D eigenvalue weighted by atomic mass is 32.2. The van der Waals surface area contributed by atoms with Crippen molar-refractivity contribution in [3.8, 4) is 0 Å². The molecule has 0 amide bonds. The molecule has 5 heteroatoms. The molecular weight excluding hydrogens is 322 g/mol. The molecule has 132 valence electrons. The van der Waals surface area contributed by atoms with E-state index in [9.17, 15) is 9.90 Å². The molecule has 2 fully saturated rings. The number of carboxylic acids is 1. The molecule has 2 aliphatic heterocycles. The SMILES string of the molecule is O=C(O)C1(c2ccc(SCCCN3CCCC3)cc2)CCOCC1. The summed E-state index contributed by atoms with van der Waals surface area (Å²) in [5.41, 5.74) is 0.150. The van der Waals surface area contributed by atoms with Crippen molar-refractivity contribution in [1.29, 1.82) is 0 Å². The van der Waals surface area contributed by atoms with Gasteiger partial charge in [-0.2, -0.15) is 0 Å². The van der Waals surface area contributed by atoms with Crippen molar-refractivity contribution in [2.45, 2.75) is 42.4 Å². The number of nitrogens with zero attached hydrogens (tertiary/aromatic N) is 1. The van der Waals surface area contributed by atoms with E-state index in [1.54, 1.807) is 0 Å². The van der Waals surface area contributed by atoms with E-state index in [4.69, 9.17) is 4.74 Å². The molecule has 0 radical (unpaired) electrons. The van der Waals surface area contributed by atoms with E-state index >= 15 is 0 Å². The quantitative estimate of drug-likeness (QED) is 0.604. The van der Waals surface area contributed by atoms with Crippen LogP contribution in [0.3, 0.4) is 0 Å². The highest BCUT2D eigenvalue weighted by Crippen LogP contribution is 2.36. The maximum atomic E-state index is 11.8. The smallest absolute Gasteiger partial charge is 0.314 e. The molecule has 2 aliphatic rings. The van der Waals surface area contributed by atoms with Crippen LogP contribution in [0.4, 0.5) is 0 Å². The summed E-state index contributed by atoms with van der Waals surface area (Å²) in [7, 11) is 0. The molecule has 1 N–H and O–H groups in total. The van der Waals surface area contributed by atoms with Crippen LogP contribution in [0.25, 0.3) is 0 Å². The Labute approximate surface area is 148 Å². The minimum absolute atomic E-state index is 0.527. The maximum absolute atomic E-state index is 11.8. The molecule has 2 saturated heterocycles. The van der Waals surface area contributed by atoms with Gasteiger partial charge in [-0.3, -0.25) is 4.79 Å². The lowest BCUT2D eigenvalue weighted by Gasteiger charge is -2.33. The van der Waals surface area contributed by atoms with Crippen molar-refractivity contribution < 1.29 is 14.6 Å². The first kappa shape index (κ1) is 17.8. The van der Waals surface area contributed by atoms with Crippen molar-refractivity contribution >= 4 is 17.7 Å². The summed E-state index contributed by atoms with van der Waals surface area (Å²) in [6.07, 6.45) is 5.04. The summed E-state index contributed by atoms with van der Waals surface area (Å²) in [5, 5.41) is 9.72. The zero-order chi connectivity index (χ0) is 16.8. The fourth-order valence-corrected chi connectivity index (χ4v) is 4.54. The summed E-state index contributed by atoms with van der Waals surface area (Å²) >= 11 is 1.87. The second kappa shape index (κ2) is 8.37. The average molecular weight is 349 g/mol. The van der Waals surface area contributed by atoms with Crippen LogP contribution in [0.2, 0.25) is 0 Å². The lowest BCUT2D eigenvalue weighted by Crippen LogP contribution is -2.41. The van der Waals surface area contributed by atoms with Crippen molar-refractivity contribution in [2.24, 2.45) is 0 Å². The number of thioether (sulfide) groups is 1. The van der Waals surface area contributed by atoms with Gasteiger partial charge in [-0.15, -0.1) is 11.8 Å². The van der Waals surface area contributed by atoms with Gasteiger partial charge in [0, 0.05) is 18.1 Å². The van der Waals surface area contributed by atoms with E-state index in [0.29, 0.717) is 26.1 Å². The normalized spacial score (nSPS) is 21.0. The first-order valence-electron chi connectivity index (χ1n) is 8.98. The highest BCUT2D eigenvalue weighted by Gasteiger charge is 2.41. The van der Waals surface area contributed by atoms with E-state index in [1.165, 1.54) is 43.8 Å². The third kappa shape index (κ3) is 4.13. The lowest BCUT2D eigenvalue weighted by atomic mass is 9.74. The Hall–Kier alpha value is -1.04. The van der Waals surface area contributed by atoms with Crippen LogP contribution < -0.4 is 0 Å². The van der Waals surface area contributed by atoms with Crippen LogP contribution in [0, 0.1) is 0 Å². The summed E-state index contributed by atoms with van der Waals surface area (Å²) in [4.78, 5) is 15.6. The molecule has 4 nitrogen and oxygen atoms in total. The number of benzene rings is 1. The van der Waals surface area contributed by atoms with Crippen molar-refractivity contribution in [2.75, 3.05) is 38.6 Å². The zero-order valence-electron chi connectivity index (χ0n) is 14.2. The standard InChI is InChI=1S/C19H27NO3S/c21-18(22)19(8-13-23-14-9-19)16-4-6-17(7-5-16)24-15-3-12-20-10-1-2-11-20/h4-7H,1-3,8-15H2,(H,21,22). The van der Waals surface area contributed by atoms with Crippen LogP contribution in [0.1, 0.15) is 37.7 Å². The molecular formula is C19H27NO3S. The summed E-state index contributed by atoms with van der Waals surface area (Å²) < 4.78 is 5.36. The third-order valence-corrected chi connectivity index (χ3v) is 6.35. The van der Waals surface area contributed by atoms with Gasteiger partial charge in [-0.1, -0.05) is 12.1 Å². The molecule has 0 unspecified atom stereocenters. The number of aliphatic carboxylic acids is 1. The molecule has 0 spiro atoms. The van der Waals surface area contributed by atoms with E-state index in [0.717, 1.165) is 11.3 Å². The molecule has 2 heterocycles. The molecule has 1 aromatic carbocycles. The van der Waals surface area contributed by atoms with E-state index in [1.807, 2.05) is 23.9 Å². The lowest BCUT2D eigenvalue weighted by molar-refractivity contribution is -0.147. The van der Waals surface area contributed by atoms with Crippen LogP contribution >= 0.6 is 11.8 Å². The summed E-state index contributed by atoms with van der Waals surface area (Å²) in [6, 6.07) is 8.16. The van der Waals surface area contributed by atoms with Crippen molar-refractivity contribution in [1.82, 2.24) is 4.90 Å². The van der Waals surface area contributed by atoms with E-state index in [2.05, 4.69) is 17.0 Å². The van der Waals surface area contributed by atoms with Gasteiger partial charge < -0.3 is 14.7 Å². The Balaban J connectivity index is 1.53. The molecule has 0 atom stereocenters. The first-order valence-corrected chi connectivity index (χ1v) is 9.96. The number of carbonyl (C=O) groups is 1. The number of ether oxygens (including phenoxy) is 1. The monoisotopic (exact) mass is 349 g/mol. The molecule has 3 rings (SSSR count). The van der Waals surface area contributed by atoms with Gasteiger partial charge >= 0.3 is 5.97 Å². The van der Waals surface area contributed by atoms with Gasteiger partial charge in [0.2, 0.25) is 0 Å². The van der Waals surface area contributed by atoms with Gasteiger partial charge in [0.1, 0.15) is 0 Å². The van der Waals surface area contributed by atoms with Gasteiger partial charge in [0.05, 0.1) is 5.41 Å². The zero-order valence-corrected chi connectivity index (χ0v) is 15.0. The highest BCUT2D eigenvalue weighted by molar-refractivity contribution is 7.99. The van der Waals surface area contributed by atoms with Crippen LogP contribution in [0.15, 0.2) is 29.2 Å². The fourth-order valence-electron chi connectivity index (χ4n) is 3.70. The third-order valence-electron chi connectivity index (χ3n) is 5.25. The predicted molar refractivity (Wildman–Crippen MR) is 96.8 cm³/mol. The van der Waals surface area contributed by atoms with Crippen molar-refractivity contribution in [3.63, 3.8) is 0 Å².